The van der Waals surface area contributed by atoms with Gasteiger partial charge in [-0.15, -0.1) is 0 Å². The van der Waals surface area contributed by atoms with Crippen molar-refractivity contribution in [1.82, 2.24) is 10.2 Å². The lowest BCUT2D eigenvalue weighted by atomic mass is 9.97. The van der Waals surface area contributed by atoms with Crippen molar-refractivity contribution < 1.29 is 5.11 Å². The second-order valence-corrected chi connectivity index (χ2v) is 5.32. The van der Waals surface area contributed by atoms with Crippen molar-refractivity contribution >= 4 is 0 Å². The lowest BCUT2D eigenvalue weighted by Gasteiger charge is -2.32. The molecule has 90 valence electrons. The molecule has 1 rings (SSSR count). The highest BCUT2D eigenvalue weighted by molar-refractivity contribution is 4.85. The zero-order valence-electron chi connectivity index (χ0n) is 10.4. The molecule has 0 aromatic heterocycles. The average molecular weight is 214 g/mol. The SMILES string of the molecule is CC(C)NC(C)(CO)CCN1CCCC1. The van der Waals surface area contributed by atoms with Crippen LogP contribution in [0, 0.1) is 0 Å². The molecule has 0 aromatic rings. The first-order chi connectivity index (χ1) is 7.06. The zero-order valence-corrected chi connectivity index (χ0v) is 10.4. The molecule has 3 nitrogen and oxygen atoms in total. The summed E-state index contributed by atoms with van der Waals surface area (Å²) in [4.78, 5) is 2.50. The maximum Gasteiger partial charge on any atom is 0.0611 e. The Kier molecular flexibility index (Phi) is 5.03. The Balaban J connectivity index is 2.30. The molecule has 1 unspecified atom stereocenters. The highest BCUT2D eigenvalue weighted by Crippen LogP contribution is 2.14. The average Bonchev–Trinajstić information content (AvgIpc) is 2.66. The molecular formula is C12H26N2O. The Labute approximate surface area is 93.9 Å². The Morgan fingerprint density at radius 2 is 1.93 bits per heavy atom. The summed E-state index contributed by atoms with van der Waals surface area (Å²) in [6.07, 6.45) is 3.71. The van der Waals surface area contributed by atoms with E-state index in [-0.39, 0.29) is 12.1 Å². The Morgan fingerprint density at radius 3 is 2.40 bits per heavy atom. The number of aliphatic hydroxyl groups is 1. The number of rotatable bonds is 6. The van der Waals surface area contributed by atoms with Gasteiger partial charge in [0.25, 0.3) is 0 Å². The maximum absolute atomic E-state index is 9.43. The van der Waals surface area contributed by atoms with Crippen LogP contribution in [0.5, 0.6) is 0 Å². The van der Waals surface area contributed by atoms with Gasteiger partial charge in [0.1, 0.15) is 0 Å². The van der Waals surface area contributed by atoms with Crippen molar-refractivity contribution in [2.45, 2.75) is 51.6 Å². The number of hydrogen-bond donors (Lipinski definition) is 2. The summed E-state index contributed by atoms with van der Waals surface area (Å²) in [5.74, 6) is 0. The summed E-state index contributed by atoms with van der Waals surface area (Å²) in [7, 11) is 0. The van der Waals surface area contributed by atoms with E-state index >= 15 is 0 Å². The van der Waals surface area contributed by atoms with Crippen LogP contribution in [-0.4, -0.2) is 47.8 Å². The van der Waals surface area contributed by atoms with Gasteiger partial charge in [-0.2, -0.15) is 0 Å². The molecule has 0 aliphatic carbocycles. The highest BCUT2D eigenvalue weighted by Gasteiger charge is 2.25. The third kappa shape index (κ3) is 4.49. The van der Waals surface area contributed by atoms with Crippen molar-refractivity contribution in [3.63, 3.8) is 0 Å². The highest BCUT2D eigenvalue weighted by atomic mass is 16.3. The summed E-state index contributed by atoms with van der Waals surface area (Å²) >= 11 is 0. The lowest BCUT2D eigenvalue weighted by molar-refractivity contribution is 0.143. The van der Waals surface area contributed by atoms with Gasteiger partial charge in [0, 0.05) is 11.6 Å². The van der Waals surface area contributed by atoms with E-state index in [1.165, 1.54) is 25.9 Å². The van der Waals surface area contributed by atoms with Crippen LogP contribution in [0.3, 0.4) is 0 Å². The van der Waals surface area contributed by atoms with E-state index in [0.717, 1.165) is 13.0 Å². The molecule has 0 bridgehead atoms. The van der Waals surface area contributed by atoms with E-state index in [9.17, 15) is 5.11 Å². The zero-order chi connectivity index (χ0) is 11.3. The molecule has 1 atom stereocenters. The molecule has 0 saturated carbocycles. The molecule has 15 heavy (non-hydrogen) atoms. The van der Waals surface area contributed by atoms with Crippen LogP contribution >= 0.6 is 0 Å². The number of nitrogens with zero attached hydrogens (tertiary/aromatic N) is 1. The van der Waals surface area contributed by atoms with Crippen LogP contribution in [-0.2, 0) is 0 Å². The van der Waals surface area contributed by atoms with Crippen LogP contribution in [0.4, 0.5) is 0 Å². The van der Waals surface area contributed by atoms with E-state index in [1.807, 2.05) is 0 Å². The number of likely N-dealkylation sites (tertiary alicyclic amines) is 1. The molecule has 1 aliphatic rings. The van der Waals surface area contributed by atoms with Crippen LogP contribution < -0.4 is 5.32 Å². The van der Waals surface area contributed by atoms with Gasteiger partial charge < -0.3 is 15.3 Å². The molecule has 3 heteroatoms. The standard InChI is InChI=1S/C12H26N2O/c1-11(2)13-12(3,10-15)6-9-14-7-4-5-8-14/h11,13,15H,4-10H2,1-3H3. The maximum atomic E-state index is 9.43. The van der Waals surface area contributed by atoms with Gasteiger partial charge in [-0.05, 0) is 45.8 Å². The molecule has 0 radical (unpaired) electrons. The fraction of sp³-hybridized carbons (Fsp3) is 1.00. The topological polar surface area (TPSA) is 35.5 Å². The predicted octanol–water partition coefficient (Wildman–Crippen LogP) is 1.22. The first kappa shape index (κ1) is 12.9. The molecule has 1 fully saturated rings. The van der Waals surface area contributed by atoms with Gasteiger partial charge in [-0.3, -0.25) is 0 Å². The Bertz CT molecular complexity index is 178. The van der Waals surface area contributed by atoms with E-state index < -0.39 is 0 Å². The van der Waals surface area contributed by atoms with E-state index in [4.69, 9.17) is 0 Å². The molecule has 1 aliphatic heterocycles. The molecule has 0 spiro atoms. The Hall–Kier alpha value is -0.120. The minimum atomic E-state index is -0.114. The van der Waals surface area contributed by atoms with Gasteiger partial charge in [-0.25, -0.2) is 0 Å². The predicted molar refractivity (Wildman–Crippen MR) is 64.1 cm³/mol. The minimum absolute atomic E-state index is 0.114. The van der Waals surface area contributed by atoms with E-state index in [0.29, 0.717) is 6.04 Å². The molecule has 0 amide bonds. The largest absolute Gasteiger partial charge is 0.394 e. The fourth-order valence-electron chi connectivity index (χ4n) is 2.30. The van der Waals surface area contributed by atoms with E-state index in [2.05, 4.69) is 31.0 Å². The third-order valence-electron chi connectivity index (χ3n) is 3.16. The van der Waals surface area contributed by atoms with Crippen LogP contribution in [0.25, 0.3) is 0 Å². The molecule has 0 aromatic carbocycles. The first-order valence-electron chi connectivity index (χ1n) is 6.17. The molecular weight excluding hydrogens is 188 g/mol. The third-order valence-corrected chi connectivity index (χ3v) is 3.16. The minimum Gasteiger partial charge on any atom is -0.394 e. The lowest BCUT2D eigenvalue weighted by Crippen LogP contribution is -2.50. The van der Waals surface area contributed by atoms with Crippen molar-refractivity contribution in [1.29, 1.82) is 0 Å². The first-order valence-corrected chi connectivity index (χ1v) is 6.17. The van der Waals surface area contributed by atoms with Gasteiger partial charge in [-0.1, -0.05) is 13.8 Å². The summed E-state index contributed by atoms with van der Waals surface area (Å²) in [6.45, 7) is 10.2. The monoisotopic (exact) mass is 214 g/mol. The normalized spacial score (nSPS) is 22.2. The van der Waals surface area contributed by atoms with Crippen LogP contribution in [0.1, 0.15) is 40.0 Å². The quantitative estimate of drug-likeness (QED) is 0.698. The van der Waals surface area contributed by atoms with Crippen LogP contribution in [0.15, 0.2) is 0 Å². The van der Waals surface area contributed by atoms with Gasteiger partial charge in [0.2, 0.25) is 0 Å². The number of nitrogens with one attached hydrogen (secondary N) is 1. The molecule has 1 heterocycles. The van der Waals surface area contributed by atoms with Crippen LogP contribution in [0.2, 0.25) is 0 Å². The van der Waals surface area contributed by atoms with Crippen molar-refractivity contribution in [3.05, 3.63) is 0 Å². The smallest absolute Gasteiger partial charge is 0.0611 e. The molecule has 1 saturated heterocycles. The number of aliphatic hydroxyl groups excluding tert-OH is 1. The van der Waals surface area contributed by atoms with Gasteiger partial charge >= 0.3 is 0 Å². The number of hydrogen-bond acceptors (Lipinski definition) is 3. The summed E-state index contributed by atoms with van der Waals surface area (Å²) < 4.78 is 0. The van der Waals surface area contributed by atoms with Crippen molar-refractivity contribution in [2.75, 3.05) is 26.2 Å². The second-order valence-electron chi connectivity index (χ2n) is 5.32. The summed E-state index contributed by atoms with van der Waals surface area (Å²) in [6, 6.07) is 0.431. The Morgan fingerprint density at radius 1 is 1.33 bits per heavy atom. The fourth-order valence-corrected chi connectivity index (χ4v) is 2.30. The van der Waals surface area contributed by atoms with E-state index in [1.54, 1.807) is 0 Å². The van der Waals surface area contributed by atoms with Gasteiger partial charge in [0.15, 0.2) is 0 Å². The van der Waals surface area contributed by atoms with Gasteiger partial charge in [0.05, 0.1) is 6.61 Å². The second kappa shape index (κ2) is 5.83. The van der Waals surface area contributed by atoms with Crippen molar-refractivity contribution in [3.8, 4) is 0 Å². The molecule has 2 N–H and O–H groups in total. The summed E-state index contributed by atoms with van der Waals surface area (Å²) in [5, 5.41) is 12.9. The summed E-state index contributed by atoms with van der Waals surface area (Å²) in [5.41, 5.74) is -0.114. The van der Waals surface area contributed by atoms with Crippen molar-refractivity contribution in [2.24, 2.45) is 0 Å².